The normalized spacial score (nSPS) is 30.3. The van der Waals surface area contributed by atoms with Crippen LogP contribution in [-0.4, -0.2) is 31.0 Å². The van der Waals surface area contributed by atoms with Gasteiger partial charge in [-0.2, -0.15) is 0 Å². The van der Waals surface area contributed by atoms with Gasteiger partial charge in [0, 0.05) is 24.9 Å². The fourth-order valence-electron chi connectivity index (χ4n) is 2.92. The van der Waals surface area contributed by atoms with Crippen molar-refractivity contribution in [3.8, 4) is 5.75 Å². The lowest BCUT2D eigenvalue weighted by molar-refractivity contribution is 0.00474. The van der Waals surface area contributed by atoms with Gasteiger partial charge in [-0.3, -0.25) is 0 Å². The van der Waals surface area contributed by atoms with Crippen molar-refractivity contribution in [3.63, 3.8) is 0 Å². The average Bonchev–Trinajstić information content (AvgIpc) is 2.75. The van der Waals surface area contributed by atoms with E-state index >= 15 is 0 Å². The second-order valence-electron chi connectivity index (χ2n) is 5.35. The highest BCUT2D eigenvalue weighted by atomic mass is 16.5. The standard InChI is InChI=1S/C16H22O3/c1-4-15-13(10-17)11-19-16(15,2)9-12-5-7-14(18-3)8-6-12/h4-8,13,15,17H,1,9-11H2,2-3H3. The Labute approximate surface area is 114 Å². The van der Waals surface area contributed by atoms with E-state index in [0.717, 1.165) is 12.2 Å². The highest BCUT2D eigenvalue weighted by Gasteiger charge is 2.44. The van der Waals surface area contributed by atoms with Crippen molar-refractivity contribution in [2.75, 3.05) is 20.3 Å². The van der Waals surface area contributed by atoms with Crippen LogP contribution in [-0.2, 0) is 11.2 Å². The van der Waals surface area contributed by atoms with Crippen LogP contribution in [0.3, 0.4) is 0 Å². The Hall–Kier alpha value is -1.32. The van der Waals surface area contributed by atoms with Gasteiger partial charge in [-0.25, -0.2) is 0 Å². The molecule has 0 amide bonds. The number of aliphatic hydroxyl groups excluding tert-OH is 1. The van der Waals surface area contributed by atoms with Crippen molar-refractivity contribution >= 4 is 0 Å². The Morgan fingerprint density at radius 2 is 2.16 bits per heavy atom. The van der Waals surface area contributed by atoms with E-state index in [9.17, 15) is 5.11 Å². The highest BCUT2D eigenvalue weighted by molar-refractivity contribution is 5.28. The second-order valence-corrected chi connectivity index (χ2v) is 5.35. The van der Waals surface area contributed by atoms with E-state index in [0.29, 0.717) is 6.61 Å². The molecule has 1 saturated heterocycles. The number of aliphatic hydroxyl groups is 1. The molecule has 0 spiro atoms. The lowest BCUT2D eigenvalue weighted by atomic mass is 9.79. The van der Waals surface area contributed by atoms with Crippen LogP contribution in [0.4, 0.5) is 0 Å². The molecular weight excluding hydrogens is 240 g/mol. The molecule has 1 heterocycles. The van der Waals surface area contributed by atoms with Crippen molar-refractivity contribution < 1.29 is 14.6 Å². The summed E-state index contributed by atoms with van der Waals surface area (Å²) in [5.74, 6) is 1.19. The lowest BCUT2D eigenvalue weighted by Crippen LogP contribution is -2.35. The SMILES string of the molecule is C=CC1C(CO)COC1(C)Cc1ccc(OC)cc1. The summed E-state index contributed by atoms with van der Waals surface area (Å²) in [7, 11) is 1.66. The molecule has 3 heteroatoms. The molecule has 0 radical (unpaired) electrons. The van der Waals surface area contributed by atoms with Crippen LogP contribution in [0.5, 0.6) is 5.75 Å². The summed E-state index contributed by atoms with van der Waals surface area (Å²) in [6.07, 6.45) is 2.72. The molecule has 3 unspecified atom stereocenters. The summed E-state index contributed by atoms with van der Waals surface area (Å²) in [5.41, 5.74) is 0.915. The van der Waals surface area contributed by atoms with E-state index in [2.05, 4.69) is 25.6 Å². The molecule has 1 aromatic carbocycles. The van der Waals surface area contributed by atoms with Gasteiger partial charge in [0.1, 0.15) is 5.75 Å². The van der Waals surface area contributed by atoms with Gasteiger partial charge in [0.2, 0.25) is 0 Å². The second kappa shape index (κ2) is 5.76. The van der Waals surface area contributed by atoms with Crippen molar-refractivity contribution in [3.05, 3.63) is 42.5 Å². The molecule has 0 aromatic heterocycles. The van der Waals surface area contributed by atoms with Gasteiger partial charge in [0.25, 0.3) is 0 Å². The summed E-state index contributed by atoms with van der Waals surface area (Å²) in [6.45, 7) is 6.74. The van der Waals surface area contributed by atoms with Crippen LogP contribution in [0.25, 0.3) is 0 Å². The fourth-order valence-corrected chi connectivity index (χ4v) is 2.92. The molecule has 19 heavy (non-hydrogen) atoms. The maximum absolute atomic E-state index is 9.39. The Balaban J connectivity index is 2.13. The Bertz CT molecular complexity index is 426. The first-order chi connectivity index (χ1) is 9.12. The molecule has 1 N–H and O–H groups in total. The lowest BCUT2D eigenvalue weighted by Gasteiger charge is -2.30. The number of hydrogen-bond donors (Lipinski definition) is 1. The third-order valence-electron chi connectivity index (χ3n) is 4.04. The van der Waals surface area contributed by atoms with Gasteiger partial charge in [0.15, 0.2) is 0 Å². The van der Waals surface area contributed by atoms with Crippen LogP contribution in [0.15, 0.2) is 36.9 Å². The van der Waals surface area contributed by atoms with Gasteiger partial charge in [-0.1, -0.05) is 18.2 Å². The molecular formula is C16H22O3. The van der Waals surface area contributed by atoms with E-state index in [4.69, 9.17) is 9.47 Å². The molecule has 2 rings (SSSR count). The van der Waals surface area contributed by atoms with Crippen LogP contribution in [0.2, 0.25) is 0 Å². The first-order valence-electron chi connectivity index (χ1n) is 6.63. The molecule has 104 valence electrons. The zero-order valence-electron chi connectivity index (χ0n) is 11.6. The molecule has 1 aromatic rings. The van der Waals surface area contributed by atoms with E-state index in [1.165, 1.54) is 5.56 Å². The number of benzene rings is 1. The molecule has 1 aliphatic rings. The predicted octanol–water partition coefficient (Wildman–Crippen LogP) is 2.44. The third-order valence-corrected chi connectivity index (χ3v) is 4.04. The van der Waals surface area contributed by atoms with E-state index in [1.54, 1.807) is 7.11 Å². The summed E-state index contributed by atoms with van der Waals surface area (Å²) >= 11 is 0. The quantitative estimate of drug-likeness (QED) is 0.828. The monoisotopic (exact) mass is 262 g/mol. The summed E-state index contributed by atoms with van der Waals surface area (Å²) in [6, 6.07) is 8.03. The van der Waals surface area contributed by atoms with Crippen molar-refractivity contribution in [1.82, 2.24) is 0 Å². The number of methoxy groups -OCH3 is 1. The minimum absolute atomic E-state index is 0.148. The summed E-state index contributed by atoms with van der Waals surface area (Å²) in [5, 5.41) is 9.39. The zero-order chi connectivity index (χ0) is 13.9. The third kappa shape index (κ3) is 2.82. The number of ether oxygens (including phenoxy) is 2. The molecule has 0 saturated carbocycles. The van der Waals surface area contributed by atoms with Crippen molar-refractivity contribution in [2.45, 2.75) is 18.9 Å². The minimum Gasteiger partial charge on any atom is -0.497 e. The van der Waals surface area contributed by atoms with Crippen LogP contribution in [0.1, 0.15) is 12.5 Å². The van der Waals surface area contributed by atoms with Gasteiger partial charge >= 0.3 is 0 Å². The van der Waals surface area contributed by atoms with Crippen molar-refractivity contribution in [2.24, 2.45) is 11.8 Å². The number of rotatable bonds is 5. The minimum atomic E-state index is -0.288. The first kappa shape index (κ1) is 14.1. The van der Waals surface area contributed by atoms with E-state index < -0.39 is 0 Å². The van der Waals surface area contributed by atoms with Gasteiger partial charge in [-0.15, -0.1) is 6.58 Å². The molecule has 0 bridgehead atoms. The topological polar surface area (TPSA) is 38.7 Å². The zero-order valence-corrected chi connectivity index (χ0v) is 11.6. The molecule has 3 nitrogen and oxygen atoms in total. The van der Waals surface area contributed by atoms with Crippen LogP contribution in [0, 0.1) is 11.8 Å². The van der Waals surface area contributed by atoms with Gasteiger partial charge in [0.05, 0.1) is 19.3 Å². The Morgan fingerprint density at radius 3 is 2.68 bits per heavy atom. The Morgan fingerprint density at radius 1 is 1.47 bits per heavy atom. The summed E-state index contributed by atoms with van der Waals surface area (Å²) < 4.78 is 11.1. The molecule has 3 atom stereocenters. The smallest absolute Gasteiger partial charge is 0.118 e. The summed E-state index contributed by atoms with van der Waals surface area (Å²) in [4.78, 5) is 0. The average molecular weight is 262 g/mol. The maximum Gasteiger partial charge on any atom is 0.118 e. The number of hydrogen-bond acceptors (Lipinski definition) is 3. The maximum atomic E-state index is 9.39. The van der Waals surface area contributed by atoms with Crippen molar-refractivity contribution in [1.29, 1.82) is 0 Å². The van der Waals surface area contributed by atoms with E-state index in [1.807, 2.05) is 18.2 Å². The molecule has 1 aliphatic heterocycles. The first-order valence-corrected chi connectivity index (χ1v) is 6.63. The highest BCUT2D eigenvalue weighted by Crippen LogP contribution is 2.39. The van der Waals surface area contributed by atoms with Crippen LogP contribution >= 0.6 is 0 Å². The van der Waals surface area contributed by atoms with Gasteiger partial charge < -0.3 is 14.6 Å². The fraction of sp³-hybridized carbons (Fsp3) is 0.500. The van der Waals surface area contributed by atoms with Crippen LogP contribution < -0.4 is 4.74 Å². The Kier molecular flexibility index (Phi) is 4.27. The van der Waals surface area contributed by atoms with Gasteiger partial charge in [-0.05, 0) is 24.6 Å². The molecule has 1 fully saturated rings. The largest absolute Gasteiger partial charge is 0.497 e. The predicted molar refractivity (Wildman–Crippen MR) is 75.3 cm³/mol. The van der Waals surface area contributed by atoms with E-state index in [-0.39, 0.29) is 24.0 Å². The molecule has 0 aliphatic carbocycles.